The van der Waals surface area contributed by atoms with Crippen LogP contribution in [-0.2, 0) is 21.8 Å². The number of ether oxygens (including phenoxy) is 3. The van der Waals surface area contributed by atoms with Crippen molar-refractivity contribution in [3.8, 4) is 22.8 Å². The van der Waals surface area contributed by atoms with Gasteiger partial charge in [-0.15, -0.1) is 11.6 Å². The summed E-state index contributed by atoms with van der Waals surface area (Å²) in [7, 11) is -0.281. The van der Waals surface area contributed by atoms with Crippen LogP contribution in [0.4, 0.5) is 0 Å². The number of hydrogen-bond donors (Lipinski definition) is 0. The van der Waals surface area contributed by atoms with Crippen molar-refractivity contribution in [3.05, 3.63) is 66.5 Å². The number of rotatable bonds is 10. The topological polar surface area (TPSA) is 71.7 Å². The number of benzene rings is 2. The van der Waals surface area contributed by atoms with Crippen molar-refractivity contribution in [1.29, 1.82) is 0 Å². The molecule has 0 aliphatic heterocycles. The second-order valence-electron chi connectivity index (χ2n) is 7.83. The van der Waals surface area contributed by atoms with Crippen LogP contribution in [0.15, 0.2) is 65.8 Å². The second-order valence-corrected chi connectivity index (χ2v) is 10.0. The van der Waals surface area contributed by atoms with E-state index in [1.165, 1.54) is 3.97 Å². The smallest absolute Gasteiger partial charge is 0.268 e. The number of methoxy groups -OCH3 is 1. The third-order valence-electron chi connectivity index (χ3n) is 5.55. The van der Waals surface area contributed by atoms with Crippen LogP contribution in [0.3, 0.4) is 0 Å². The lowest BCUT2D eigenvalue weighted by atomic mass is 10.1. The zero-order valence-electron chi connectivity index (χ0n) is 19.3. The van der Waals surface area contributed by atoms with Gasteiger partial charge in [-0.3, -0.25) is 0 Å². The van der Waals surface area contributed by atoms with E-state index in [1.54, 1.807) is 49.7 Å². The maximum atomic E-state index is 13.4. The first-order valence-electron chi connectivity index (χ1n) is 10.8. The molecule has 0 aliphatic carbocycles. The summed E-state index contributed by atoms with van der Waals surface area (Å²) >= 11 is 5.62. The molecule has 0 atom stereocenters. The van der Waals surface area contributed by atoms with E-state index in [0.717, 1.165) is 22.0 Å². The molecule has 4 rings (SSSR count). The highest BCUT2D eigenvalue weighted by Gasteiger charge is 2.23. The van der Waals surface area contributed by atoms with Crippen molar-refractivity contribution >= 4 is 32.5 Å². The van der Waals surface area contributed by atoms with Gasteiger partial charge in [-0.2, -0.15) is 0 Å². The SMILES string of the molecule is COc1cc2c(-c3cccn3S(=O)(=O)c3ccc(C)cc3)cn(C)c2cc1OCCOCCCl. The van der Waals surface area contributed by atoms with Crippen LogP contribution < -0.4 is 9.47 Å². The molecule has 0 saturated heterocycles. The van der Waals surface area contributed by atoms with Gasteiger partial charge in [0.2, 0.25) is 0 Å². The molecule has 9 heteroatoms. The fraction of sp³-hybridized carbons (Fsp3) is 0.280. The number of alkyl halides is 1. The van der Waals surface area contributed by atoms with Crippen LogP contribution in [0.1, 0.15) is 5.56 Å². The Balaban J connectivity index is 1.74. The van der Waals surface area contributed by atoms with Gasteiger partial charge < -0.3 is 18.8 Å². The molecule has 0 aliphatic rings. The Morgan fingerprint density at radius 3 is 2.47 bits per heavy atom. The maximum absolute atomic E-state index is 13.4. The lowest BCUT2D eigenvalue weighted by Crippen LogP contribution is -2.13. The molecular weight excluding hydrogens is 476 g/mol. The molecule has 2 heterocycles. The predicted molar refractivity (Wildman–Crippen MR) is 134 cm³/mol. The van der Waals surface area contributed by atoms with Crippen molar-refractivity contribution < 1.29 is 22.6 Å². The van der Waals surface area contributed by atoms with Gasteiger partial charge in [0.1, 0.15) is 6.61 Å². The minimum atomic E-state index is -3.77. The van der Waals surface area contributed by atoms with Crippen molar-refractivity contribution in [2.24, 2.45) is 7.05 Å². The Morgan fingerprint density at radius 1 is 1.00 bits per heavy atom. The monoisotopic (exact) mass is 502 g/mol. The van der Waals surface area contributed by atoms with Crippen molar-refractivity contribution in [2.45, 2.75) is 11.8 Å². The number of halogens is 1. The van der Waals surface area contributed by atoms with Crippen molar-refractivity contribution in [2.75, 3.05) is 32.8 Å². The number of aromatic nitrogens is 2. The van der Waals surface area contributed by atoms with E-state index in [4.69, 9.17) is 25.8 Å². The molecule has 180 valence electrons. The molecule has 0 bridgehead atoms. The Labute approximate surface area is 204 Å². The fourth-order valence-electron chi connectivity index (χ4n) is 3.84. The molecule has 0 radical (unpaired) electrons. The highest BCUT2D eigenvalue weighted by molar-refractivity contribution is 7.90. The summed E-state index contributed by atoms with van der Waals surface area (Å²) < 4.78 is 46.9. The molecule has 0 unspecified atom stereocenters. The minimum Gasteiger partial charge on any atom is -0.493 e. The third kappa shape index (κ3) is 4.66. The van der Waals surface area contributed by atoms with Crippen molar-refractivity contribution in [3.63, 3.8) is 0 Å². The highest BCUT2D eigenvalue weighted by atomic mass is 35.5. The summed E-state index contributed by atoms with van der Waals surface area (Å²) in [5.41, 5.74) is 3.22. The number of hydrogen-bond acceptors (Lipinski definition) is 5. The van der Waals surface area contributed by atoms with Crippen molar-refractivity contribution in [1.82, 2.24) is 8.54 Å². The molecule has 0 fully saturated rings. The Hall–Kier alpha value is -2.94. The normalized spacial score (nSPS) is 11.8. The van der Waals surface area contributed by atoms with Gasteiger partial charge >= 0.3 is 0 Å². The van der Waals surface area contributed by atoms with Crippen LogP contribution in [0.25, 0.3) is 22.2 Å². The molecule has 2 aromatic carbocycles. The Bertz CT molecular complexity index is 1390. The molecule has 0 saturated carbocycles. The van der Waals surface area contributed by atoms with E-state index >= 15 is 0 Å². The molecule has 0 spiro atoms. The number of nitrogens with zero attached hydrogens (tertiary/aromatic N) is 2. The lowest BCUT2D eigenvalue weighted by molar-refractivity contribution is 0.110. The fourth-order valence-corrected chi connectivity index (χ4v) is 5.31. The molecule has 34 heavy (non-hydrogen) atoms. The third-order valence-corrected chi connectivity index (χ3v) is 7.41. The molecule has 2 aromatic heterocycles. The zero-order valence-corrected chi connectivity index (χ0v) is 20.9. The molecule has 0 amide bonds. The standard InChI is InChI=1S/C25H27ClN2O5S/c1-18-6-8-19(9-7-18)34(29,30)28-11-4-5-22(28)21-17-27(2)23-16-25(24(31-3)15-20(21)23)33-14-13-32-12-10-26/h4-9,11,15-17H,10,12-14H2,1-3H3. The average molecular weight is 503 g/mol. The average Bonchev–Trinajstić information content (AvgIpc) is 3.44. The van der Waals surface area contributed by atoms with Crippen LogP contribution in [0.5, 0.6) is 11.5 Å². The van der Waals surface area contributed by atoms with Crippen LogP contribution in [-0.4, -0.2) is 49.8 Å². The van der Waals surface area contributed by atoms with Gasteiger partial charge in [0, 0.05) is 42.3 Å². The van der Waals surface area contributed by atoms with E-state index in [0.29, 0.717) is 42.9 Å². The summed E-state index contributed by atoms with van der Waals surface area (Å²) in [5, 5.41) is 0.851. The van der Waals surface area contributed by atoms with Gasteiger partial charge in [-0.1, -0.05) is 17.7 Å². The summed E-state index contributed by atoms with van der Waals surface area (Å²) in [6.45, 7) is 3.16. The Morgan fingerprint density at radius 2 is 1.76 bits per heavy atom. The van der Waals surface area contributed by atoms with E-state index in [2.05, 4.69) is 0 Å². The van der Waals surface area contributed by atoms with Gasteiger partial charge in [0.25, 0.3) is 10.0 Å². The summed E-state index contributed by atoms with van der Waals surface area (Å²) in [6.07, 6.45) is 3.48. The first-order chi connectivity index (χ1) is 16.4. The Kier molecular flexibility index (Phi) is 7.21. The van der Waals surface area contributed by atoms with Gasteiger partial charge in [0.05, 0.1) is 36.4 Å². The summed E-state index contributed by atoms with van der Waals surface area (Å²) in [4.78, 5) is 0.237. The summed E-state index contributed by atoms with van der Waals surface area (Å²) in [6, 6.07) is 14.1. The lowest BCUT2D eigenvalue weighted by Gasteiger charge is -2.13. The number of fused-ring (bicyclic) bond motifs is 1. The first-order valence-corrected chi connectivity index (χ1v) is 12.8. The molecule has 7 nitrogen and oxygen atoms in total. The first kappa shape index (κ1) is 24.2. The zero-order chi connectivity index (χ0) is 24.3. The molecular formula is C25H27ClN2O5S. The van der Waals surface area contributed by atoms with E-state index in [-0.39, 0.29) is 4.90 Å². The quantitative estimate of drug-likeness (QED) is 0.229. The number of aryl methyl sites for hydroxylation is 2. The van der Waals surface area contributed by atoms with Gasteiger partial charge in [-0.05, 0) is 37.3 Å². The van der Waals surface area contributed by atoms with Crippen LogP contribution in [0.2, 0.25) is 0 Å². The largest absolute Gasteiger partial charge is 0.493 e. The maximum Gasteiger partial charge on any atom is 0.268 e. The second kappa shape index (κ2) is 10.1. The highest BCUT2D eigenvalue weighted by Crippen LogP contribution is 2.39. The molecule has 4 aromatic rings. The van der Waals surface area contributed by atoms with Gasteiger partial charge in [-0.25, -0.2) is 12.4 Å². The minimum absolute atomic E-state index is 0.237. The van der Waals surface area contributed by atoms with Crippen LogP contribution >= 0.6 is 11.6 Å². The van der Waals surface area contributed by atoms with E-state index in [9.17, 15) is 8.42 Å². The van der Waals surface area contributed by atoms with Gasteiger partial charge in [0.15, 0.2) is 11.5 Å². The van der Waals surface area contributed by atoms with E-state index < -0.39 is 10.0 Å². The molecule has 0 N–H and O–H groups in total. The summed E-state index contributed by atoms with van der Waals surface area (Å²) in [5.74, 6) is 1.57. The predicted octanol–water partition coefficient (Wildman–Crippen LogP) is 4.84. The van der Waals surface area contributed by atoms with Crippen LogP contribution in [0, 0.1) is 6.92 Å². The van der Waals surface area contributed by atoms with E-state index in [1.807, 2.05) is 36.9 Å².